The van der Waals surface area contributed by atoms with Gasteiger partial charge in [0.15, 0.2) is 0 Å². The molecular weight excluding hydrogens is 424 g/mol. The molecule has 4 rings (SSSR count). The van der Waals surface area contributed by atoms with Gasteiger partial charge in [0.25, 0.3) is 10.0 Å². The highest BCUT2D eigenvalue weighted by Crippen LogP contribution is 2.30. The summed E-state index contributed by atoms with van der Waals surface area (Å²) in [5, 5.41) is 9.42. The lowest BCUT2D eigenvalue weighted by atomic mass is 10.1. The molecule has 0 aliphatic carbocycles. The van der Waals surface area contributed by atoms with Gasteiger partial charge in [0.1, 0.15) is 4.21 Å². The Morgan fingerprint density at radius 1 is 1.13 bits per heavy atom. The zero-order valence-corrected chi connectivity index (χ0v) is 18.3. The van der Waals surface area contributed by atoms with Crippen molar-refractivity contribution in [2.45, 2.75) is 37.3 Å². The van der Waals surface area contributed by atoms with Crippen molar-refractivity contribution < 1.29 is 17.6 Å². The van der Waals surface area contributed by atoms with Crippen molar-refractivity contribution in [1.82, 2.24) is 15.1 Å². The third kappa shape index (κ3) is 4.24. The SMILES string of the molecule is Cc1ccc(NS(=O)(=O)c2cc(-c3nnc(C(=O)N4CCCCC4)o3)cs2)c(C)c1. The van der Waals surface area contributed by atoms with Gasteiger partial charge in [0, 0.05) is 18.5 Å². The Bertz CT molecular complexity index is 1180. The molecule has 1 aliphatic rings. The van der Waals surface area contributed by atoms with Gasteiger partial charge >= 0.3 is 11.8 Å². The van der Waals surface area contributed by atoms with Crippen molar-refractivity contribution in [2.24, 2.45) is 0 Å². The summed E-state index contributed by atoms with van der Waals surface area (Å²) in [6, 6.07) is 6.98. The number of aromatic nitrogens is 2. The fourth-order valence-electron chi connectivity index (χ4n) is 3.35. The van der Waals surface area contributed by atoms with Crippen LogP contribution in [0.2, 0.25) is 0 Å². The van der Waals surface area contributed by atoms with E-state index in [0.717, 1.165) is 41.7 Å². The lowest BCUT2D eigenvalue weighted by Crippen LogP contribution is -2.35. The number of hydrogen-bond donors (Lipinski definition) is 1. The standard InChI is InChI=1S/C20H22N4O4S2/c1-13-6-7-16(14(2)10-13)23-30(26,27)17-11-15(12-29-17)18-21-22-19(28-18)20(25)24-8-4-3-5-9-24/h6-7,10-12,23H,3-5,8-9H2,1-2H3. The average Bonchev–Trinajstić information content (AvgIpc) is 3.40. The van der Waals surface area contributed by atoms with Crippen molar-refractivity contribution in [1.29, 1.82) is 0 Å². The molecule has 1 fully saturated rings. The van der Waals surface area contributed by atoms with E-state index in [-0.39, 0.29) is 21.9 Å². The Hall–Kier alpha value is -2.72. The fourth-order valence-corrected chi connectivity index (χ4v) is 5.64. The van der Waals surface area contributed by atoms with E-state index < -0.39 is 10.0 Å². The largest absolute Gasteiger partial charge is 0.412 e. The summed E-state index contributed by atoms with van der Waals surface area (Å²) in [6.45, 7) is 5.17. The van der Waals surface area contributed by atoms with E-state index in [1.165, 1.54) is 6.07 Å². The molecule has 158 valence electrons. The van der Waals surface area contributed by atoms with Crippen molar-refractivity contribution in [2.75, 3.05) is 17.8 Å². The first-order valence-electron chi connectivity index (χ1n) is 9.65. The number of aryl methyl sites for hydroxylation is 2. The molecule has 1 saturated heterocycles. The zero-order valence-electron chi connectivity index (χ0n) is 16.7. The predicted molar refractivity (Wildman–Crippen MR) is 114 cm³/mol. The van der Waals surface area contributed by atoms with Crippen LogP contribution in [0.1, 0.15) is 41.1 Å². The lowest BCUT2D eigenvalue weighted by Gasteiger charge is -2.24. The van der Waals surface area contributed by atoms with Gasteiger partial charge in [-0.1, -0.05) is 17.7 Å². The second-order valence-electron chi connectivity index (χ2n) is 7.34. The van der Waals surface area contributed by atoms with E-state index in [9.17, 15) is 13.2 Å². The normalized spacial score (nSPS) is 14.7. The Morgan fingerprint density at radius 2 is 1.90 bits per heavy atom. The predicted octanol–water partition coefficient (Wildman–Crippen LogP) is 3.84. The molecular formula is C20H22N4O4S2. The van der Waals surface area contributed by atoms with Gasteiger partial charge in [-0.15, -0.1) is 21.5 Å². The monoisotopic (exact) mass is 446 g/mol. The average molecular weight is 447 g/mol. The second-order valence-corrected chi connectivity index (χ2v) is 10.2. The van der Waals surface area contributed by atoms with Crippen LogP contribution < -0.4 is 4.72 Å². The Kier molecular flexibility index (Phi) is 5.61. The maximum atomic E-state index is 12.8. The van der Waals surface area contributed by atoms with Crippen LogP contribution in [0.25, 0.3) is 11.5 Å². The molecule has 0 atom stereocenters. The summed E-state index contributed by atoms with van der Waals surface area (Å²) in [4.78, 5) is 14.2. The molecule has 0 radical (unpaired) electrons. The summed E-state index contributed by atoms with van der Waals surface area (Å²) in [5.74, 6) is -0.233. The first-order valence-corrected chi connectivity index (χ1v) is 12.0. The number of hydrogen-bond acceptors (Lipinski definition) is 7. The van der Waals surface area contributed by atoms with Gasteiger partial charge in [-0.25, -0.2) is 8.42 Å². The summed E-state index contributed by atoms with van der Waals surface area (Å²) in [6.07, 6.45) is 3.04. The van der Waals surface area contributed by atoms with Crippen LogP contribution in [0.4, 0.5) is 5.69 Å². The van der Waals surface area contributed by atoms with Crippen LogP contribution in [0.15, 0.2) is 38.3 Å². The molecule has 3 heterocycles. The summed E-state index contributed by atoms with van der Waals surface area (Å²) < 4.78 is 33.8. The first-order chi connectivity index (χ1) is 14.3. The molecule has 8 nitrogen and oxygen atoms in total. The van der Waals surface area contributed by atoms with E-state index in [1.807, 2.05) is 26.0 Å². The van der Waals surface area contributed by atoms with E-state index in [0.29, 0.717) is 24.3 Å². The second kappa shape index (κ2) is 8.19. The van der Waals surface area contributed by atoms with Crippen LogP contribution in [-0.4, -0.2) is 42.5 Å². The molecule has 2 aromatic heterocycles. The lowest BCUT2D eigenvalue weighted by molar-refractivity contribution is 0.0684. The molecule has 1 N–H and O–H groups in total. The Morgan fingerprint density at radius 3 is 2.63 bits per heavy atom. The van der Waals surface area contributed by atoms with Crippen molar-refractivity contribution in [3.63, 3.8) is 0 Å². The quantitative estimate of drug-likeness (QED) is 0.638. The number of carbonyl (C=O) groups excluding carboxylic acids is 1. The number of nitrogens with one attached hydrogen (secondary N) is 1. The highest BCUT2D eigenvalue weighted by Gasteiger charge is 2.25. The fraction of sp³-hybridized carbons (Fsp3) is 0.350. The molecule has 1 aromatic carbocycles. The first kappa shape index (κ1) is 20.5. The molecule has 1 aliphatic heterocycles. The minimum atomic E-state index is -3.76. The third-order valence-corrected chi connectivity index (χ3v) is 7.77. The minimum absolute atomic E-state index is 0.0732. The summed E-state index contributed by atoms with van der Waals surface area (Å²) >= 11 is 1.05. The maximum absolute atomic E-state index is 12.8. The van der Waals surface area contributed by atoms with Crippen molar-refractivity contribution >= 4 is 33.0 Å². The Labute approximate surface area is 179 Å². The molecule has 1 amide bonds. The number of benzene rings is 1. The maximum Gasteiger partial charge on any atom is 0.311 e. The topological polar surface area (TPSA) is 105 Å². The van der Waals surface area contributed by atoms with Gasteiger partial charge in [0.05, 0.1) is 11.3 Å². The van der Waals surface area contributed by atoms with E-state index >= 15 is 0 Å². The number of anilines is 1. The van der Waals surface area contributed by atoms with Gasteiger partial charge < -0.3 is 9.32 Å². The highest BCUT2D eigenvalue weighted by molar-refractivity contribution is 7.94. The van der Waals surface area contributed by atoms with E-state index in [1.54, 1.807) is 16.3 Å². The number of amides is 1. The van der Waals surface area contributed by atoms with Gasteiger partial charge in [-0.05, 0) is 50.8 Å². The summed E-state index contributed by atoms with van der Waals surface area (Å²) in [5.41, 5.74) is 2.89. The van der Waals surface area contributed by atoms with Gasteiger partial charge in [0.2, 0.25) is 5.89 Å². The van der Waals surface area contributed by atoms with E-state index in [2.05, 4.69) is 14.9 Å². The van der Waals surface area contributed by atoms with Gasteiger partial charge in [-0.2, -0.15) is 0 Å². The van der Waals surface area contributed by atoms with Crippen molar-refractivity contribution in [3.8, 4) is 11.5 Å². The van der Waals surface area contributed by atoms with Crippen LogP contribution in [0.3, 0.4) is 0 Å². The molecule has 0 unspecified atom stereocenters. The highest BCUT2D eigenvalue weighted by atomic mass is 32.2. The third-order valence-electron chi connectivity index (χ3n) is 4.96. The molecule has 3 aromatic rings. The summed E-state index contributed by atoms with van der Waals surface area (Å²) in [7, 11) is -3.76. The zero-order chi connectivity index (χ0) is 21.3. The number of sulfonamides is 1. The molecule has 10 heteroatoms. The number of thiophene rings is 1. The van der Waals surface area contributed by atoms with Crippen LogP contribution in [-0.2, 0) is 10.0 Å². The number of rotatable bonds is 5. The van der Waals surface area contributed by atoms with Crippen LogP contribution >= 0.6 is 11.3 Å². The number of carbonyl (C=O) groups is 1. The van der Waals surface area contributed by atoms with Crippen LogP contribution in [0.5, 0.6) is 0 Å². The number of likely N-dealkylation sites (tertiary alicyclic amines) is 1. The minimum Gasteiger partial charge on any atom is -0.412 e. The molecule has 0 saturated carbocycles. The number of piperidine rings is 1. The molecule has 30 heavy (non-hydrogen) atoms. The smallest absolute Gasteiger partial charge is 0.311 e. The molecule has 0 spiro atoms. The molecule has 0 bridgehead atoms. The number of nitrogens with zero attached hydrogens (tertiary/aromatic N) is 3. The van der Waals surface area contributed by atoms with Gasteiger partial charge in [-0.3, -0.25) is 9.52 Å². The van der Waals surface area contributed by atoms with E-state index in [4.69, 9.17) is 4.42 Å². The van der Waals surface area contributed by atoms with Crippen LogP contribution in [0, 0.1) is 13.8 Å². The Balaban J connectivity index is 1.52. The van der Waals surface area contributed by atoms with Crippen molar-refractivity contribution in [3.05, 3.63) is 46.7 Å².